The molecule has 0 heterocycles. The van der Waals surface area contributed by atoms with E-state index in [1.165, 1.54) is 6.92 Å². The van der Waals surface area contributed by atoms with Crippen LogP contribution in [-0.4, -0.2) is 12.6 Å². The summed E-state index contributed by atoms with van der Waals surface area (Å²) in [6.45, 7) is 4.39. The first-order valence-corrected chi connectivity index (χ1v) is 5.23. The third kappa shape index (κ3) is 7.84. The van der Waals surface area contributed by atoms with Gasteiger partial charge in [0.15, 0.2) is 0 Å². The van der Waals surface area contributed by atoms with Crippen LogP contribution in [0, 0.1) is 0 Å². The van der Waals surface area contributed by atoms with E-state index in [-0.39, 0.29) is 6.40 Å². The molecule has 2 heteroatoms. The molecule has 0 rings (SSSR count). The van der Waals surface area contributed by atoms with Gasteiger partial charge in [-0.15, -0.1) is 0 Å². The molecule has 2 unspecified atom stereocenters. The van der Waals surface area contributed by atoms with Gasteiger partial charge in [-0.3, -0.25) is 4.79 Å². The molecule has 2 nitrogen and oxygen atoms in total. The van der Waals surface area contributed by atoms with E-state index in [0.29, 0.717) is 6.42 Å². The number of ether oxygens (including phenoxy) is 1. The SMILES string of the molecule is [2H]C(/C=C(\CCC)C([2H])OC(C)=O)CCC. The van der Waals surface area contributed by atoms with E-state index >= 15 is 0 Å². The zero-order valence-electron chi connectivity index (χ0n) is 11.4. The first kappa shape index (κ1) is 9.75. The van der Waals surface area contributed by atoms with Crippen LogP contribution in [0.2, 0.25) is 0 Å². The van der Waals surface area contributed by atoms with Gasteiger partial charge in [0.2, 0.25) is 0 Å². The van der Waals surface area contributed by atoms with E-state index in [4.69, 9.17) is 7.48 Å². The van der Waals surface area contributed by atoms with Gasteiger partial charge in [-0.2, -0.15) is 0 Å². The lowest BCUT2D eigenvalue weighted by atomic mass is 10.1. The average molecular weight is 200 g/mol. The standard InChI is InChI=1S/C12H22O2/c1-4-6-7-9-12(8-5-2)10-14-11(3)13/h9H,4-8,10H2,1-3H3/b12-9+/i7D,10D. The van der Waals surface area contributed by atoms with Gasteiger partial charge in [-0.1, -0.05) is 39.2 Å². The number of hydrogen-bond donors (Lipinski definition) is 0. The van der Waals surface area contributed by atoms with Gasteiger partial charge in [-0.05, 0) is 18.4 Å². The highest BCUT2D eigenvalue weighted by atomic mass is 16.5. The fraction of sp³-hybridized carbons (Fsp3) is 0.750. The summed E-state index contributed by atoms with van der Waals surface area (Å²) < 4.78 is 20.3. The second-order valence-electron chi connectivity index (χ2n) is 3.24. The van der Waals surface area contributed by atoms with Crippen LogP contribution in [0.5, 0.6) is 0 Å². The van der Waals surface area contributed by atoms with E-state index in [0.717, 1.165) is 24.8 Å². The zero-order chi connectivity index (χ0) is 12.6. The van der Waals surface area contributed by atoms with Gasteiger partial charge < -0.3 is 4.74 Å². The monoisotopic (exact) mass is 200 g/mol. The summed E-state index contributed by atoms with van der Waals surface area (Å²) in [7, 11) is 0. The molecule has 0 spiro atoms. The summed E-state index contributed by atoms with van der Waals surface area (Å²) >= 11 is 0. The van der Waals surface area contributed by atoms with Crippen LogP contribution in [0.1, 0.15) is 55.6 Å². The Bertz CT molecular complexity index is 239. The van der Waals surface area contributed by atoms with Crippen molar-refractivity contribution in [2.24, 2.45) is 0 Å². The number of hydrogen-bond acceptors (Lipinski definition) is 2. The minimum absolute atomic E-state index is 0.296. The molecule has 0 aliphatic carbocycles. The molecule has 0 aliphatic heterocycles. The Balaban J connectivity index is 4.50. The Kier molecular flexibility index (Phi) is 6.13. The molecule has 0 aliphatic rings. The molecule has 0 aromatic carbocycles. The van der Waals surface area contributed by atoms with Gasteiger partial charge in [0, 0.05) is 8.29 Å². The summed E-state index contributed by atoms with van der Waals surface area (Å²) in [5, 5.41) is 0. The third-order valence-corrected chi connectivity index (χ3v) is 1.70. The molecular weight excluding hydrogens is 176 g/mol. The Hall–Kier alpha value is -0.790. The predicted octanol–water partition coefficient (Wildman–Crippen LogP) is 3.47. The van der Waals surface area contributed by atoms with E-state index in [1.54, 1.807) is 6.08 Å². The summed E-state index contributed by atoms with van der Waals surface area (Å²) in [5.41, 5.74) is 0.742. The van der Waals surface area contributed by atoms with Gasteiger partial charge in [0.05, 0.1) is 1.37 Å². The lowest BCUT2D eigenvalue weighted by Crippen LogP contribution is -2.03. The summed E-state index contributed by atoms with van der Waals surface area (Å²) in [6, 6.07) is 0. The van der Waals surface area contributed by atoms with Gasteiger partial charge in [-0.25, -0.2) is 0 Å². The van der Waals surface area contributed by atoms with Crippen molar-refractivity contribution in [1.82, 2.24) is 0 Å². The van der Waals surface area contributed by atoms with E-state index in [2.05, 4.69) is 0 Å². The van der Waals surface area contributed by atoms with Crippen molar-refractivity contribution in [3.8, 4) is 0 Å². The molecule has 0 saturated carbocycles. The maximum Gasteiger partial charge on any atom is 0.302 e. The second kappa shape index (κ2) is 8.79. The minimum atomic E-state index is -0.942. The highest BCUT2D eigenvalue weighted by molar-refractivity contribution is 5.66. The van der Waals surface area contributed by atoms with Crippen LogP contribution >= 0.6 is 0 Å². The Morgan fingerprint density at radius 2 is 2.14 bits per heavy atom. The maximum absolute atomic E-state index is 10.8. The first-order chi connectivity index (χ1) is 7.51. The molecule has 0 radical (unpaired) electrons. The average Bonchev–Trinajstić information content (AvgIpc) is 2.16. The second-order valence-corrected chi connectivity index (χ2v) is 3.24. The third-order valence-electron chi connectivity index (χ3n) is 1.70. The van der Waals surface area contributed by atoms with E-state index in [1.807, 2.05) is 13.8 Å². The van der Waals surface area contributed by atoms with Crippen molar-refractivity contribution in [3.05, 3.63) is 11.6 Å². The number of esters is 1. The van der Waals surface area contributed by atoms with Crippen molar-refractivity contribution >= 4 is 5.97 Å². The van der Waals surface area contributed by atoms with Crippen molar-refractivity contribution in [2.45, 2.75) is 52.9 Å². The van der Waals surface area contributed by atoms with Crippen LogP contribution in [-0.2, 0) is 9.53 Å². The normalized spacial score (nSPS) is 18.1. The number of carbonyl (C=O) groups excluding carboxylic acids is 1. The molecule has 82 valence electrons. The van der Waals surface area contributed by atoms with Crippen molar-refractivity contribution in [1.29, 1.82) is 0 Å². The highest BCUT2D eigenvalue weighted by Gasteiger charge is 1.98. The predicted molar refractivity (Wildman–Crippen MR) is 59.1 cm³/mol. The fourth-order valence-electron chi connectivity index (χ4n) is 1.03. The van der Waals surface area contributed by atoms with E-state index in [9.17, 15) is 4.79 Å². The largest absolute Gasteiger partial charge is 0.461 e. The summed E-state index contributed by atoms with van der Waals surface area (Å²) in [4.78, 5) is 10.8. The summed E-state index contributed by atoms with van der Waals surface area (Å²) in [6.07, 6.45) is 4.78. The van der Waals surface area contributed by atoms with E-state index < -0.39 is 12.6 Å². The summed E-state index contributed by atoms with van der Waals surface area (Å²) in [5.74, 6) is -0.445. The molecule has 2 atom stereocenters. The minimum Gasteiger partial charge on any atom is -0.461 e. The van der Waals surface area contributed by atoms with Crippen molar-refractivity contribution in [2.75, 3.05) is 6.58 Å². The van der Waals surface area contributed by atoms with Crippen LogP contribution in [0.15, 0.2) is 11.6 Å². The zero-order valence-corrected chi connectivity index (χ0v) is 9.38. The Labute approximate surface area is 90.1 Å². The molecule has 0 fully saturated rings. The smallest absolute Gasteiger partial charge is 0.302 e. The van der Waals surface area contributed by atoms with Crippen LogP contribution in [0.4, 0.5) is 0 Å². The first-order valence-electron chi connectivity index (χ1n) is 6.39. The van der Waals surface area contributed by atoms with Crippen LogP contribution in [0.3, 0.4) is 0 Å². The molecule has 0 N–H and O–H groups in total. The highest BCUT2D eigenvalue weighted by Crippen LogP contribution is 2.08. The fourth-order valence-corrected chi connectivity index (χ4v) is 1.03. The van der Waals surface area contributed by atoms with Crippen LogP contribution in [0.25, 0.3) is 0 Å². The lowest BCUT2D eigenvalue weighted by Gasteiger charge is -2.06. The van der Waals surface area contributed by atoms with Gasteiger partial charge in [0.25, 0.3) is 0 Å². The van der Waals surface area contributed by atoms with Crippen molar-refractivity contribution in [3.63, 3.8) is 0 Å². The number of carbonyl (C=O) groups is 1. The quantitative estimate of drug-likeness (QED) is 0.464. The Morgan fingerprint density at radius 3 is 2.64 bits per heavy atom. The molecule has 0 bridgehead atoms. The lowest BCUT2D eigenvalue weighted by molar-refractivity contribution is -0.140. The van der Waals surface area contributed by atoms with Gasteiger partial charge >= 0.3 is 5.97 Å². The van der Waals surface area contributed by atoms with Crippen LogP contribution < -0.4 is 0 Å². The number of allylic oxidation sites excluding steroid dienone is 1. The molecule has 0 aromatic heterocycles. The maximum atomic E-state index is 10.8. The molecule has 0 saturated heterocycles. The molecule has 14 heavy (non-hydrogen) atoms. The molecule has 0 aromatic rings. The van der Waals surface area contributed by atoms with Crippen molar-refractivity contribution < 1.29 is 12.3 Å². The number of rotatable bonds is 7. The van der Waals surface area contributed by atoms with Gasteiger partial charge in [0.1, 0.15) is 6.58 Å². The molecular formula is C12H22O2. The topological polar surface area (TPSA) is 26.3 Å². The Morgan fingerprint density at radius 1 is 1.43 bits per heavy atom. The molecule has 0 amide bonds.